The predicted molar refractivity (Wildman–Crippen MR) is 105 cm³/mol. The van der Waals surface area contributed by atoms with Gasteiger partial charge in [0, 0.05) is 0 Å². The Morgan fingerprint density at radius 1 is 0.633 bits per heavy atom. The number of carboxylic acid groups (broad SMARTS) is 3. The third-order valence-electron chi connectivity index (χ3n) is 4.12. The molecule has 3 aromatic carbocycles. The van der Waals surface area contributed by atoms with Gasteiger partial charge in [0.25, 0.3) is 0 Å². The highest BCUT2D eigenvalue weighted by Gasteiger charge is 2.16. The molecule has 0 unspecified atom stereocenters. The van der Waals surface area contributed by atoms with E-state index < -0.39 is 17.9 Å². The molecule has 0 saturated carbocycles. The molecule has 0 aliphatic carbocycles. The first kappa shape index (κ1) is 20.4. The van der Waals surface area contributed by atoms with Crippen molar-refractivity contribution in [1.82, 2.24) is 0 Å². The van der Waals surface area contributed by atoms with E-state index in [-0.39, 0.29) is 29.0 Å². The number of benzene rings is 3. The minimum atomic E-state index is -1.35. The SMILES string of the molecule is O=C(O)c1ccc(Oc2ccc(COc3ccc(C(=O)O)c(C(=O)O)c3)cc2)cc1. The Labute approximate surface area is 170 Å². The van der Waals surface area contributed by atoms with Crippen LogP contribution in [0.4, 0.5) is 0 Å². The van der Waals surface area contributed by atoms with Gasteiger partial charge >= 0.3 is 17.9 Å². The van der Waals surface area contributed by atoms with Crippen molar-refractivity contribution < 1.29 is 39.2 Å². The summed E-state index contributed by atoms with van der Waals surface area (Å²) in [7, 11) is 0. The summed E-state index contributed by atoms with van der Waals surface area (Å²) in [5.74, 6) is -2.43. The second kappa shape index (κ2) is 8.78. The molecule has 0 amide bonds. The molecule has 8 heteroatoms. The van der Waals surface area contributed by atoms with Crippen LogP contribution >= 0.6 is 0 Å². The Kier molecular flexibility index (Phi) is 5.97. The molecule has 0 radical (unpaired) electrons. The van der Waals surface area contributed by atoms with Crippen LogP contribution in [-0.2, 0) is 6.61 Å². The fraction of sp³-hybridized carbons (Fsp3) is 0.0455. The quantitative estimate of drug-likeness (QED) is 0.507. The smallest absolute Gasteiger partial charge is 0.336 e. The topological polar surface area (TPSA) is 130 Å². The molecule has 0 saturated heterocycles. The van der Waals surface area contributed by atoms with E-state index in [0.717, 1.165) is 5.56 Å². The summed E-state index contributed by atoms with van der Waals surface area (Å²) in [5.41, 5.74) is 0.283. The molecule has 0 heterocycles. The summed E-state index contributed by atoms with van der Waals surface area (Å²) in [6.45, 7) is 0.138. The average Bonchev–Trinajstić information content (AvgIpc) is 2.73. The van der Waals surface area contributed by atoms with Crippen LogP contribution in [0.2, 0.25) is 0 Å². The zero-order chi connectivity index (χ0) is 21.7. The van der Waals surface area contributed by atoms with Crippen LogP contribution in [0, 0.1) is 0 Å². The summed E-state index contributed by atoms with van der Waals surface area (Å²) >= 11 is 0. The zero-order valence-electron chi connectivity index (χ0n) is 15.4. The normalized spacial score (nSPS) is 10.3. The van der Waals surface area contributed by atoms with Gasteiger partial charge in [-0.25, -0.2) is 14.4 Å². The number of rotatable bonds is 8. The van der Waals surface area contributed by atoms with Gasteiger partial charge in [-0.3, -0.25) is 0 Å². The lowest BCUT2D eigenvalue weighted by atomic mass is 10.1. The first-order valence-corrected chi connectivity index (χ1v) is 8.67. The number of carboxylic acids is 3. The number of ether oxygens (including phenoxy) is 2. The maximum atomic E-state index is 11.2. The highest BCUT2D eigenvalue weighted by atomic mass is 16.5. The van der Waals surface area contributed by atoms with Gasteiger partial charge in [-0.2, -0.15) is 0 Å². The third-order valence-corrected chi connectivity index (χ3v) is 4.12. The van der Waals surface area contributed by atoms with Gasteiger partial charge in [-0.1, -0.05) is 12.1 Å². The molecular weight excluding hydrogens is 392 g/mol. The van der Waals surface area contributed by atoms with E-state index in [1.54, 1.807) is 36.4 Å². The maximum Gasteiger partial charge on any atom is 0.336 e. The van der Waals surface area contributed by atoms with Crippen LogP contribution in [0.15, 0.2) is 66.7 Å². The van der Waals surface area contributed by atoms with Gasteiger partial charge in [0.05, 0.1) is 16.7 Å². The number of aromatic carboxylic acids is 3. The van der Waals surface area contributed by atoms with E-state index in [2.05, 4.69) is 0 Å². The summed E-state index contributed by atoms with van der Waals surface area (Å²) in [6.07, 6.45) is 0. The second-order valence-electron chi connectivity index (χ2n) is 6.18. The summed E-state index contributed by atoms with van der Waals surface area (Å²) in [4.78, 5) is 33.2. The average molecular weight is 408 g/mol. The maximum absolute atomic E-state index is 11.2. The predicted octanol–water partition coefficient (Wildman–Crippen LogP) is 4.15. The van der Waals surface area contributed by atoms with Crippen LogP contribution in [0.1, 0.15) is 36.6 Å². The Bertz CT molecular complexity index is 1090. The highest BCUT2D eigenvalue weighted by molar-refractivity contribution is 6.02. The monoisotopic (exact) mass is 408 g/mol. The summed E-state index contributed by atoms with van der Waals surface area (Å²) < 4.78 is 11.2. The van der Waals surface area contributed by atoms with Crippen LogP contribution in [0.25, 0.3) is 0 Å². The van der Waals surface area contributed by atoms with E-state index >= 15 is 0 Å². The van der Waals surface area contributed by atoms with Crippen molar-refractivity contribution in [2.75, 3.05) is 0 Å². The number of hydrogen-bond donors (Lipinski definition) is 3. The first-order chi connectivity index (χ1) is 14.3. The summed E-state index contributed by atoms with van der Waals surface area (Å²) in [5, 5.41) is 27.1. The molecule has 3 N–H and O–H groups in total. The number of hydrogen-bond acceptors (Lipinski definition) is 5. The van der Waals surface area contributed by atoms with Gasteiger partial charge in [0.1, 0.15) is 23.9 Å². The highest BCUT2D eigenvalue weighted by Crippen LogP contribution is 2.23. The first-order valence-electron chi connectivity index (χ1n) is 8.67. The van der Waals surface area contributed by atoms with Crippen LogP contribution in [0.5, 0.6) is 17.2 Å². The molecule has 152 valence electrons. The third kappa shape index (κ3) is 4.93. The van der Waals surface area contributed by atoms with Gasteiger partial charge in [-0.05, 0) is 60.2 Å². The zero-order valence-corrected chi connectivity index (χ0v) is 15.4. The van der Waals surface area contributed by atoms with E-state index in [4.69, 9.17) is 24.8 Å². The van der Waals surface area contributed by atoms with E-state index in [1.165, 1.54) is 30.3 Å². The van der Waals surface area contributed by atoms with Crippen molar-refractivity contribution >= 4 is 17.9 Å². The van der Waals surface area contributed by atoms with Crippen LogP contribution < -0.4 is 9.47 Å². The van der Waals surface area contributed by atoms with E-state index in [1.807, 2.05) is 0 Å². The molecule has 0 bridgehead atoms. The van der Waals surface area contributed by atoms with Crippen molar-refractivity contribution in [3.8, 4) is 17.2 Å². The van der Waals surface area contributed by atoms with Crippen molar-refractivity contribution in [2.45, 2.75) is 6.61 Å². The summed E-state index contributed by atoms with van der Waals surface area (Å²) in [6, 6.07) is 16.7. The Hall–Kier alpha value is -4.33. The molecular formula is C22H16O8. The van der Waals surface area contributed by atoms with Gasteiger partial charge in [0.15, 0.2) is 0 Å². The molecule has 3 rings (SSSR count). The van der Waals surface area contributed by atoms with Crippen LogP contribution in [0.3, 0.4) is 0 Å². The van der Waals surface area contributed by atoms with Crippen molar-refractivity contribution in [3.05, 3.63) is 89.0 Å². The molecule has 0 spiro atoms. The Balaban J connectivity index is 1.63. The van der Waals surface area contributed by atoms with Gasteiger partial charge < -0.3 is 24.8 Å². The minimum absolute atomic E-state index is 0.138. The molecule has 0 atom stereocenters. The number of carbonyl (C=O) groups is 3. The lowest BCUT2D eigenvalue weighted by Gasteiger charge is -2.10. The fourth-order valence-corrected chi connectivity index (χ4v) is 2.60. The standard InChI is InChI=1S/C22H16O8/c23-20(24)14-3-7-16(8-4-14)30-15-5-1-13(2-6-15)12-29-17-9-10-18(21(25)26)19(11-17)22(27)28/h1-11H,12H2,(H,23,24)(H,25,26)(H,27,28). The molecule has 0 fully saturated rings. The minimum Gasteiger partial charge on any atom is -0.489 e. The van der Waals surface area contributed by atoms with Crippen molar-refractivity contribution in [2.24, 2.45) is 0 Å². The lowest BCUT2D eigenvalue weighted by molar-refractivity contribution is 0.0651. The Morgan fingerprint density at radius 2 is 1.17 bits per heavy atom. The molecule has 8 nitrogen and oxygen atoms in total. The molecule has 30 heavy (non-hydrogen) atoms. The molecule has 0 aliphatic rings. The lowest BCUT2D eigenvalue weighted by Crippen LogP contribution is -2.08. The second-order valence-corrected chi connectivity index (χ2v) is 6.18. The van der Waals surface area contributed by atoms with E-state index in [9.17, 15) is 14.4 Å². The van der Waals surface area contributed by atoms with Crippen LogP contribution in [-0.4, -0.2) is 33.2 Å². The fourth-order valence-electron chi connectivity index (χ4n) is 2.60. The molecule has 3 aromatic rings. The van der Waals surface area contributed by atoms with E-state index in [0.29, 0.717) is 11.5 Å². The molecule has 0 aliphatic heterocycles. The van der Waals surface area contributed by atoms with Gasteiger partial charge in [0.2, 0.25) is 0 Å². The van der Waals surface area contributed by atoms with Crippen molar-refractivity contribution in [1.29, 1.82) is 0 Å². The molecule has 0 aromatic heterocycles. The largest absolute Gasteiger partial charge is 0.489 e. The van der Waals surface area contributed by atoms with Gasteiger partial charge in [-0.15, -0.1) is 0 Å². The Morgan fingerprint density at radius 3 is 1.70 bits per heavy atom. The van der Waals surface area contributed by atoms with Crippen molar-refractivity contribution in [3.63, 3.8) is 0 Å².